The van der Waals surface area contributed by atoms with E-state index in [1.807, 2.05) is 4.90 Å². The first-order valence-corrected chi connectivity index (χ1v) is 5.88. The maximum atomic E-state index is 11.4. The van der Waals surface area contributed by atoms with Crippen molar-refractivity contribution in [2.45, 2.75) is 31.7 Å². The fraction of sp³-hybridized carbons (Fsp3) is 0.889. The molecule has 1 aliphatic carbocycles. The van der Waals surface area contributed by atoms with E-state index in [0.717, 1.165) is 12.8 Å². The molecule has 0 aliphatic heterocycles. The third-order valence-electron chi connectivity index (χ3n) is 2.51. The summed E-state index contributed by atoms with van der Waals surface area (Å²) < 4.78 is 0. The first-order chi connectivity index (χ1) is 6.29. The number of amides is 1. The van der Waals surface area contributed by atoms with E-state index < -0.39 is 0 Å². The fourth-order valence-corrected chi connectivity index (χ4v) is 1.85. The number of aliphatic hydroxyl groups excluding tert-OH is 1. The number of hydrogen-bond donors (Lipinski definition) is 1. The Hall–Kier alpha value is -0.0900. The van der Waals surface area contributed by atoms with Crippen molar-refractivity contribution in [1.82, 2.24) is 4.90 Å². The lowest BCUT2D eigenvalue weighted by atomic mass is 9.91. The molecule has 0 saturated heterocycles. The second-order valence-corrected chi connectivity index (χ2v) is 3.94. The van der Waals surface area contributed by atoms with Gasteiger partial charge in [-0.1, -0.05) is 15.9 Å². The molecule has 3 nitrogen and oxygen atoms in total. The van der Waals surface area contributed by atoms with Crippen LogP contribution < -0.4 is 0 Å². The van der Waals surface area contributed by atoms with Crippen molar-refractivity contribution in [3.8, 4) is 0 Å². The van der Waals surface area contributed by atoms with Gasteiger partial charge in [0.1, 0.15) is 0 Å². The van der Waals surface area contributed by atoms with Gasteiger partial charge in [-0.3, -0.25) is 4.79 Å². The molecule has 0 bridgehead atoms. The van der Waals surface area contributed by atoms with Crippen LogP contribution in [0.25, 0.3) is 0 Å². The molecule has 1 aliphatic rings. The summed E-state index contributed by atoms with van der Waals surface area (Å²) in [5, 5.41) is 9.09. The van der Waals surface area contributed by atoms with Crippen LogP contribution in [0.15, 0.2) is 0 Å². The summed E-state index contributed by atoms with van der Waals surface area (Å²) in [5.74, 6) is 0.151. The maximum Gasteiger partial charge on any atom is 0.233 e. The smallest absolute Gasteiger partial charge is 0.233 e. The van der Waals surface area contributed by atoms with Crippen LogP contribution in [0.4, 0.5) is 0 Å². The third-order valence-corrected chi connectivity index (χ3v) is 2.99. The molecule has 13 heavy (non-hydrogen) atoms. The van der Waals surface area contributed by atoms with Crippen molar-refractivity contribution in [1.29, 1.82) is 0 Å². The summed E-state index contributed by atoms with van der Waals surface area (Å²) in [4.78, 5) is 13.3. The van der Waals surface area contributed by atoms with Gasteiger partial charge in [0, 0.05) is 19.2 Å². The summed E-state index contributed by atoms with van der Waals surface area (Å²) in [6.45, 7) is 0.865. The molecule has 4 heteroatoms. The van der Waals surface area contributed by atoms with Crippen LogP contribution in [0.1, 0.15) is 25.7 Å². The number of carbonyl (C=O) groups excluding carboxylic acids is 1. The van der Waals surface area contributed by atoms with Gasteiger partial charge in [-0.05, 0) is 25.7 Å². The van der Waals surface area contributed by atoms with Crippen molar-refractivity contribution in [2.24, 2.45) is 0 Å². The Morgan fingerprint density at radius 2 is 2.23 bits per heavy atom. The zero-order valence-corrected chi connectivity index (χ0v) is 9.29. The first kappa shape index (κ1) is 11.0. The lowest BCUT2D eigenvalue weighted by Gasteiger charge is -2.37. The van der Waals surface area contributed by atoms with Crippen molar-refractivity contribution in [3.63, 3.8) is 0 Å². The van der Waals surface area contributed by atoms with Crippen LogP contribution in [0.2, 0.25) is 0 Å². The molecular formula is C9H16BrNO2. The third kappa shape index (κ3) is 2.95. The molecule has 0 radical (unpaired) electrons. The second kappa shape index (κ2) is 5.60. The number of rotatable bonds is 5. The van der Waals surface area contributed by atoms with Crippen LogP contribution in [0.3, 0.4) is 0 Å². The van der Waals surface area contributed by atoms with Crippen molar-refractivity contribution >= 4 is 21.8 Å². The Bertz CT molecular complexity index is 171. The molecule has 0 unspecified atom stereocenters. The van der Waals surface area contributed by atoms with Crippen molar-refractivity contribution in [2.75, 3.05) is 18.5 Å². The Morgan fingerprint density at radius 1 is 1.54 bits per heavy atom. The average Bonchev–Trinajstić information content (AvgIpc) is 2.07. The highest BCUT2D eigenvalue weighted by atomic mass is 79.9. The fourth-order valence-electron chi connectivity index (χ4n) is 1.53. The molecule has 1 amide bonds. The predicted molar refractivity (Wildman–Crippen MR) is 54.8 cm³/mol. The minimum absolute atomic E-state index is 0.151. The summed E-state index contributed by atoms with van der Waals surface area (Å²) in [7, 11) is 0. The van der Waals surface area contributed by atoms with Crippen molar-refractivity contribution < 1.29 is 9.90 Å². The predicted octanol–water partition coefficient (Wildman–Crippen LogP) is 1.14. The summed E-state index contributed by atoms with van der Waals surface area (Å²) in [6, 6.07) is 0.441. The van der Waals surface area contributed by atoms with Gasteiger partial charge in [0.15, 0.2) is 0 Å². The lowest BCUT2D eigenvalue weighted by molar-refractivity contribution is -0.132. The van der Waals surface area contributed by atoms with Crippen LogP contribution in [-0.4, -0.2) is 40.4 Å². The van der Waals surface area contributed by atoms with Gasteiger partial charge in [-0.15, -0.1) is 0 Å². The zero-order chi connectivity index (χ0) is 9.68. The van der Waals surface area contributed by atoms with Gasteiger partial charge in [-0.2, -0.15) is 0 Å². The molecule has 1 saturated carbocycles. The van der Waals surface area contributed by atoms with E-state index in [1.54, 1.807) is 0 Å². The lowest BCUT2D eigenvalue weighted by Crippen LogP contribution is -2.45. The Labute approximate surface area is 87.2 Å². The molecule has 76 valence electrons. The minimum atomic E-state index is 0.151. The molecule has 1 rings (SSSR count). The summed E-state index contributed by atoms with van der Waals surface area (Å²) >= 11 is 3.18. The highest BCUT2D eigenvalue weighted by molar-refractivity contribution is 9.09. The zero-order valence-electron chi connectivity index (χ0n) is 7.71. The normalized spacial score (nSPS) is 16.8. The van der Waals surface area contributed by atoms with E-state index in [-0.39, 0.29) is 12.5 Å². The van der Waals surface area contributed by atoms with Gasteiger partial charge < -0.3 is 10.0 Å². The van der Waals surface area contributed by atoms with Crippen LogP contribution in [0, 0.1) is 0 Å². The number of hydrogen-bond acceptors (Lipinski definition) is 2. The van der Waals surface area contributed by atoms with Gasteiger partial charge in [0.25, 0.3) is 0 Å². The minimum Gasteiger partial charge on any atom is -0.396 e. The highest BCUT2D eigenvalue weighted by Gasteiger charge is 2.27. The molecule has 0 aromatic carbocycles. The van der Waals surface area contributed by atoms with Crippen molar-refractivity contribution in [3.05, 3.63) is 0 Å². The van der Waals surface area contributed by atoms with E-state index >= 15 is 0 Å². The SMILES string of the molecule is O=C(CBr)N(CCCO)C1CCC1. The summed E-state index contributed by atoms with van der Waals surface area (Å²) in [5.41, 5.74) is 0. The van der Waals surface area contributed by atoms with Crippen LogP contribution in [-0.2, 0) is 4.79 Å². The maximum absolute atomic E-state index is 11.4. The molecule has 1 fully saturated rings. The Balaban J connectivity index is 2.37. The van der Waals surface area contributed by atoms with Gasteiger partial charge in [-0.25, -0.2) is 0 Å². The molecule has 1 N–H and O–H groups in total. The average molecular weight is 250 g/mol. The number of nitrogens with zero attached hydrogens (tertiary/aromatic N) is 1. The number of carbonyl (C=O) groups is 1. The standard InChI is InChI=1S/C9H16BrNO2/c10-7-9(13)11(5-2-6-12)8-3-1-4-8/h8,12H,1-7H2. The highest BCUT2D eigenvalue weighted by Crippen LogP contribution is 2.25. The largest absolute Gasteiger partial charge is 0.396 e. The van der Waals surface area contributed by atoms with E-state index in [0.29, 0.717) is 24.3 Å². The Kier molecular flexibility index (Phi) is 4.73. The second-order valence-electron chi connectivity index (χ2n) is 3.38. The number of alkyl halides is 1. The monoisotopic (exact) mass is 249 g/mol. The Morgan fingerprint density at radius 3 is 2.62 bits per heavy atom. The van der Waals surface area contributed by atoms with Gasteiger partial charge in [0.05, 0.1) is 5.33 Å². The first-order valence-electron chi connectivity index (χ1n) is 4.76. The summed E-state index contributed by atoms with van der Waals surface area (Å²) in [6.07, 6.45) is 4.18. The molecular weight excluding hydrogens is 234 g/mol. The van der Waals surface area contributed by atoms with E-state index in [2.05, 4.69) is 15.9 Å². The molecule has 0 spiro atoms. The van der Waals surface area contributed by atoms with E-state index in [4.69, 9.17) is 5.11 Å². The van der Waals surface area contributed by atoms with Crippen LogP contribution in [0.5, 0.6) is 0 Å². The number of halogens is 1. The van der Waals surface area contributed by atoms with E-state index in [9.17, 15) is 4.79 Å². The molecule has 0 heterocycles. The van der Waals surface area contributed by atoms with Gasteiger partial charge >= 0.3 is 0 Å². The van der Waals surface area contributed by atoms with Gasteiger partial charge in [0.2, 0.25) is 5.91 Å². The molecule has 0 aromatic rings. The topological polar surface area (TPSA) is 40.5 Å². The quantitative estimate of drug-likeness (QED) is 0.743. The van der Waals surface area contributed by atoms with E-state index in [1.165, 1.54) is 6.42 Å². The van der Waals surface area contributed by atoms with Crippen LogP contribution >= 0.6 is 15.9 Å². The number of aliphatic hydroxyl groups is 1. The molecule has 0 aromatic heterocycles. The molecule has 0 atom stereocenters.